The lowest BCUT2D eigenvalue weighted by molar-refractivity contribution is -0.122. The van der Waals surface area contributed by atoms with Crippen LogP contribution < -0.4 is 10.1 Å². The van der Waals surface area contributed by atoms with Gasteiger partial charge in [0.15, 0.2) is 0 Å². The minimum absolute atomic E-state index is 0.0284. The van der Waals surface area contributed by atoms with E-state index in [1.807, 2.05) is 38.1 Å². The molecule has 2 atom stereocenters. The van der Waals surface area contributed by atoms with Crippen molar-refractivity contribution in [2.45, 2.75) is 45.1 Å². The van der Waals surface area contributed by atoms with Crippen LogP contribution in [0, 0.1) is 0 Å². The van der Waals surface area contributed by atoms with Crippen LogP contribution in [0.4, 0.5) is 0 Å². The highest BCUT2D eigenvalue weighted by Gasteiger charge is 2.14. The number of amides is 1. The Balaban J connectivity index is 2.55. The Morgan fingerprint density at radius 2 is 2.20 bits per heavy atom. The number of benzene rings is 1. The summed E-state index contributed by atoms with van der Waals surface area (Å²) in [6, 6.07) is 7.85. The molecule has 4 heteroatoms. The second kappa shape index (κ2) is 8.59. The van der Waals surface area contributed by atoms with E-state index in [1.165, 1.54) is 0 Å². The Labute approximate surface area is 121 Å². The number of aliphatic hydroxyl groups is 1. The monoisotopic (exact) mass is 279 g/mol. The maximum atomic E-state index is 12.0. The van der Waals surface area contributed by atoms with Crippen LogP contribution in [0.1, 0.15) is 44.6 Å². The van der Waals surface area contributed by atoms with Gasteiger partial charge in [0.2, 0.25) is 5.91 Å². The summed E-state index contributed by atoms with van der Waals surface area (Å²) in [6.45, 7) is 4.14. The molecule has 0 aliphatic carbocycles. The zero-order chi connectivity index (χ0) is 15.0. The first-order valence-electron chi connectivity index (χ1n) is 7.14. The fraction of sp³-hybridized carbons (Fsp3) is 0.562. The molecular formula is C16H25NO3. The molecule has 0 fully saturated rings. The molecule has 0 radical (unpaired) electrons. The van der Waals surface area contributed by atoms with Gasteiger partial charge in [-0.1, -0.05) is 26.0 Å². The van der Waals surface area contributed by atoms with E-state index in [-0.39, 0.29) is 24.5 Å². The SMILES string of the molecule is CCC(CCO)NC(=O)CC(C)c1cccc(OC)c1. The second-order valence-electron chi connectivity index (χ2n) is 5.07. The number of hydrogen-bond donors (Lipinski definition) is 2. The zero-order valence-electron chi connectivity index (χ0n) is 12.6. The van der Waals surface area contributed by atoms with Crippen molar-refractivity contribution in [2.24, 2.45) is 0 Å². The average molecular weight is 279 g/mol. The van der Waals surface area contributed by atoms with E-state index in [0.29, 0.717) is 12.8 Å². The molecule has 1 aromatic rings. The number of rotatable bonds is 8. The van der Waals surface area contributed by atoms with Crippen LogP contribution in [0.15, 0.2) is 24.3 Å². The topological polar surface area (TPSA) is 58.6 Å². The normalized spacial score (nSPS) is 13.6. The van der Waals surface area contributed by atoms with E-state index >= 15 is 0 Å². The number of nitrogens with one attached hydrogen (secondary N) is 1. The summed E-state index contributed by atoms with van der Waals surface area (Å²) in [4.78, 5) is 12.0. The Bertz CT molecular complexity index is 420. The van der Waals surface area contributed by atoms with Crippen molar-refractivity contribution in [1.29, 1.82) is 0 Å². The van der Waals surface area contributed by atoms with Crippen molar-refractivity contribution >= 4 is 5.91 Å². The number of carbonyl (C=O) groups is 1. The van der Waals surface area contributed by atoms with Gasteiger partial charge >= 0.3 is 0 Å². The lowest BCUT2D eigenvalue weighted by atomic mass is 9.97. The quantitative estimate of drug-likeness (QED) is 0.768. The molecular weight excluding hydrogens is 254 g/mol. The molecule has 20 heavy (non-hydrogen) atoms. The van der Waals surface area contributed by atoms with Crippen molar-refractivity contribution in [3.63, 3.8) is 0 Å². The third-order valence-corrected chi connectivity index (χ3v) is 3.49. The van der Waals surface area contributed by atoms with Crippen molar-refractivity contribution < 1.29 is 14.6 Å². The smallest absolute Gasteiger partial charge is 0.220 e. The molecule has 0 aromatic heterocycles. The van der Waals surface area contributed by atoms with Gasteiger partial charge in [0.05, 0.1) is 7.11 Å². The summed E-state index contributed by atoms with van der Waals surface area (Å²) < 4.78 is 5.20. The summed E-state index contributed by atoms with van der Waals surface area (Å²) in [7, 11) is 1.64. The average Bonchev–Trinajstić information content (AvgIpc) is 2.46. The minimum Gasteiger partial charge on any atom is -0.497 e. The predicted molar refractivity (Wildman–Crippen MR) is 80.0 cm³/mol. The summed E-state index contributed by atoms with van der Waals surface area (Å²) >= 11 is 0. The van der Waals surface area contributed by atoms with Crippen LogP contribution in [0.5, 0.6) is 5.75 Å². The van der Waals surface area contributed by atoms with Crippen LogP contribution in [0.2, 0.25) is 0 Å². The molecule has 112 valence electrons. The minimum atomic E-state index is 0.0284. The Hall–Kier alpha value is -1.55. The van der Waals surface area contributed by atoms with Gasteiger partial charge in [-0.05, 0) is 36.5 Å². The Morgan fingerprint density at radius 1 is 1.45 bits per heavy atom. The number of methoxy groups -OCH3 is 1. The molecule has 0 saturated carbocycles. The van der Waals surface area contributed by atoms with E-state index in [0.717, 1.165) is 17.7 Å². The van der Waals surface area contributed by atoms with Gasteiger partial charge in [-0.2, -0.15) is 0 Å². The standard InChI is InChI=1S/C16H25NO3/c1-4-14(8-9-18)17-16(19)10-12(2)13-6-5-7-15(11-13)20-3/h5-7,11-12,14,18H,4,8-10H2,1-3H3,(H,17,19). The van der Waals surface area contributed by atoms with Crippen LogP contribution in [-0.4, -0.2) is 30.8 Å². The lowest BCUT2D eigenvalue weighted by Gasteiger charge is -2.18. The Morgan fingerprint density at radius 3 is 2.80 bits per heavy atom. The van der Waals surface area contributed by atoms with Gasteiger partial charge in [0.1, 0.15) is 5.75 Å². The molecule has 1 amide bonds. The van der Waals surface area contributed by atoms with Gasteiger partial charge in [-0.3, -0.25) is 4.79 Å². The highest BCUT2D eigenvalue weighted by molar-refractivity contribution is 5.77. The van der Waals surface area contributed by atoms with E-state index in [4.69, 9.17) is 9.84 Å². The largest absolute Gasteiger partial charge is 0.497 e. The summed E-state index contributed by atoms with van der Waals surface area (Å²) in [5, 5.41) is 11.9. The van der Waals surface area contributed by atoms with Crippen molar-refractivity contribution in [1.82, 2.24) is 5.32 Å². The predicted octanol–water partition coefficient (Wildman–Crippen LogP) is 2.47. The Kier molecular flexibility index (Phi) is 7.09. The molecule has 0 aliphatic heterocycles. The molecule has 2 N–H and O–H groups in total. The molecule has 0 spiro atoms. The molecule has 1 rings (SSSR count). The number of ether oxygens (including phenoxy) is 1. The number of aliphatic hydroxyl groups excluding tert-OH is 1. The summed E-state index contributed by atoms with van der Waals surface area (Å²) in [5.74, 6) is 0.971. The third-order valence-electron chi connectivity index (χ3n) is 3.49. The lowest BCUT2D eigenvalue weighted by Crippen LogP contribution is -2.35. The highest BCUT2D eigenvalue weighted by atomic mass is 16.5. The molecule has 0 bridgehead atoms. The van der Waals surface area contributed by atoms with Crippen molar-refractivity contribution in [3.8, 4) is 5.75 Å². The van der Waals surface area contributed by atoms with Crippen LogP contribution >= 0.6 is 0 Å². The van der Waals surface area contributed by atoms with Gasteiger partial charge < -0.3 is 15.2 Å². The van der Waals surface area contributed by atoms with E-state index in [2.05, 4.69) is 5.32 Å². The molecule has 2 unspecified atom stereocenters. The second-order valence-corrected chi connectivity index (χ2v) is 5.07. The van der Waals surface area contributed by atoms with E-state index in [9.17, 15) is 4.79 Å². The van der Waals surface area contributed by atoms with Crippen LogP contribution in [0.3, 0.4) is 0 Å². The van der Waals surface area contributed by atoms with E-state index < -0.39 is 0 Å². The van der Waals surface area contributed by atoms with Gasteiger partial charge in [0.25, 0.3) is 0 Å². The van der Waals surface area contributed by atoms with E-state index in [1.54, 1.807) is 7.11 Å². The molecule has 1 aromatic carbocycles. The maximum Gasteiger partial charge on any atom is 0.220 e. The van der Waals surface area contributed by atoms with Crippen molar-refractivity contribution in [3.05, 3.63) is 29.8 Å². The van der Waals surface area contributed by atoms with Gasteiger partial charge in [0, 0.05) is 19.1 Å². The molecule has 4 nitrogen and oxygen atoms in total. The molecule has 0 saturated heterocycles. The number of hydrogen-bond acceptors (Lipinski definition) is 3. The number of carbonyl (C=O) groups excluding carboxylic acids is 1. The summed E-state index contributed by atoms with van der Waals surface area (Å²) in [5.41, 5.74) is 1.09. The maximum absolute atomic E-state index is 12.0. The highest BCUT2D eigenvalue weighted by Crippen LogP contribution is 2.23. The van der Waals surface area contributed by atoms with Gasteiger partial charge in [-0.15, -0.1) is 0 Å². The molecule has 0 aliphatic rings. The summed E-state index contributed by atoms with van der Waals surface area (Å²) in [6.07, 6.45) is 1.88. The van der Waals surface area contributed by atoms with Gasteiger partial charge in [-0.25, -0.2) is 0 Å². The first kappa shape index (κ1) is 16.5. The van der Waals surface area contributed by atoms with Crippen LogP contribution in [-0.2, 0) is 4.79 Å². The van der Waals surface area contributed by atoms with Crippen LogP contribution in [0.25, 0.3) is 0 Å². The fourth-order valence-electron chi connectivity index (χ4n) is 2.16. The third kappa shape index (κ3) is 5.21. The first-order chi connectivity index (χ1) is 9.60. The zero-order valence-corrected chi connectivity index (χ0v) is 12.6. The fourth-order valence-corrected chi connectivity index (χ4v) is 2.16. The first-order valence-corrected chi connectivity index (χ1v) is 7.14. The van der Waals surface area contributed by atoms with Crippen molar-refractivity contribution in [2.75, 3.05) is 13.7 Å². The molecule has 0 heterocycles.